The summed E-state index contributed by atoms with van der Waals surface area (Å²) in [5.74, 6) is 1.71. The van der Waals surface area contributed by atoms with E-state index in [2.05, 4.69) is 19.6 Å². The van der Waals surface area contributed by atoms with Gasteiger partial charge in [-0.15, -0.1) is 0 Å². The molecule has 1 N–H and O–H groups in total. The van der Waals surface area contributed by atoms with Gasteiger partial charge in [0.15, 0.2) is 0 Å². The van der Waals surface area contributed by atoms with Crippen molar-refractivity contribution in [3.63, 3.8) is 0 Å². The normalized spacial score (nSPS) is 20.1. The van der Waals surface area contributed by atoms with Crippen LogP contribution in [-0.4, -0.2) is 43.8 Å². The van der Waals surface area contributed by atoms with Gasteiger partial charge in [0.25, 0.3) is 0 Å². The quantitative estimate of drug-likeness (QED) is 0.880. The van der Waals surface area contributed by atoms with Crippen molar-refractivity contribution < 1.29 is 8.42 Å². The molecule has 0 bridgehead atoms. The number of aryl methyl sites for hydroxylation is 1. The molecule has 1 atom stereocenters. The Morgan fingerprint density at radius 3 is 2.95 bits per heavy atom. The van der Waals surface area contributed by atoms with E-state index < -0.39 is 10.0 Å². The number of sulfonamides is 1. The zero-order valence-corrected chi connectivity index (χ0v) is 12.9. The average molecular weight is 298 g/mol. The van der Waals surface area contributed by atoms with E-state index in [4.69, 9.17) is 0 Å². The fourth-order valence-corrected chi connectivity index (χ4v) is 3.11. The van der Waals surface area contributed by atoms with E-state index in [0.29, 0.717) is 12.6 Å². The standard InChI is InChI=1S/C13H22N4O2S/c1-11-14-8-7-13(16-11)17-10-4-3-5-12(17)6-9-15-20(2,18)19/h7-8,12,15H,3-6,9-10H2,1-2H3/t12-/m0/s1. The monoisotopic (exact) mass is 298 g/mol. The Morgan fingerprint density at radius 1 is 1.45 bits per heavy atom. The smallest absolute Gasteiger partial charge is 0.208 e. The van der Waals surface area contributed by atoms with Crippen LogP contribution in [-0.2, 0) is 10.0 Å². The van der Waals surface area contributed by atoms with Crippen LogP contribution < -0.4 is 9.62 Å². The molecule has 0 saturated carbocycles. The summed E-state index contributed by atoms with van der Waals surface area (Å²) in [5, 5.41) is 0. The lowest BCUT2D eigenvalue weighted by Gasteiger charge is -2.36. The SMILES string of the molecule is Cc1nccc(N2CCCC[C@H]2CCNS(C)(=O)=O)n1. The summed E-state index contributed by atoms with van der Waals surface area (Å²) in [5.41, 5.74) is 0. The van der Waals surface area contributed by atoms with Gasteiger partial charge >= 0.3 is 0 Å². The van der Waals surface area contributed by atoms with E-state index in [0.717, 1.165) is 37.4 Å². The number of hydrogen-bond donors (Lipinski definition) is 1. The summed E-state index contributed by atoms with van der Waals surface area (Å²) in [4.78, 5) is 10.9. The molecular weight excluding hydrogens is 276 g/mol. The maximum absolute atomic E-state index is 11.1. The van der Waals surface area contributed by atoms with Crippen LogP contribution >= 0.6 is 0 Å². The number of anilines is 1. The van der Waals surface area contributed by atoms with Crippen molar-refractivity contribution in [3.05, 3.63) is 18.1 Å². The molecule has 2 rings (SSSR count). The fourth-order valence-electron chi connectivity index (χ4n) is 2.62. The summed E-state index contributed by atoms with van der Waals surface area (Å²) < 4.78 is 24.8. The van der Waals surface area contributed by atoms with Crippen LogP contribution in [0, 0.1) is 6.92 Å². The molecule has 0 spiro atoms. The van der Waals surface area contributed by atoms with E-state index >= 15 is 0 Å². The van der Waals surface area contributed by atoms with E-state index in [9.17, 15) is 8.42 Å². The topological polar surface area (TPSA) is 75.2 Å². The lowest BCUT2D eigenvalue weighted by molar-refractivity contribution is 0.433. The first-order valence-electron chi connectivity index (χ1n) is 6.96. The Hall–Kier alpha value is -1.21. The van der Waals surface area contributed by atoms with Gasteiger partial charge < -0.3 is 4.90 Å². The molecule has 1 aromatic rings. The molecule has 1 aliphatic rings. The maximum Gasteiger partial charge on any atom is 0.208 e. The fraction of sp³-hybridized carbons (Fsp3) is 0.692. The number of piperidine rings is 1. The summed E-state index contributed by atoms with van der Waals surface area (Å²) in [6.07, 6.45) is 7.19. The Balaban J connectivity index is 2.02. The molecule has 0 radical (unpaired) electrons. The molecule has 1 saturated heterocycles. The first kappa shape index (κ1) is 15.2. The lowest BCUT2D eigenvalue weighted by Crippen LogP contribution is -2.42. The second-order valence-corrected chi connectivity index (χ2v) is 7.09. The zero-order chi connectivity index (χ0) is 14.6. The van der Waals surface area contributed by atoms with Crippen LogP contribution in [0.15, 0.2) is 12.3 Å². The first-order chi connectivity index (χ1) is 9.46. The van der Waals surface area contributed by atoms with Gasteiger partial charge in [-0.1, -0.05) is 0 Å². The van der Waals surface area contributed by atoms with Crippen molar-refractivity contribution >= 4 is 15.8 Å². The molecule has 6 nitrogen and oxygen atoms in total. The second kappa shape index (κ2) is 6.49. The van der Waals surface area contributed by atoms with Crippen molar-refractivity contribution in [2.75, 3.05) is 24.2 Å². The molecule has 0 aromatic carbocycles. The van der Waals surface area contributed by atoms with E-state index in [-0.39, 0.29) is 0 Å². The highest BCUT2D eigenvalue weighted by atomic mass is 32.2. The molecule has 7 heteroatoms. The van der Waals surface area contributed by atoms with E-state index in [1.807, 2.05) is 13.0 Å². The van der Waals surface area contributed by atoms with E-state index in [1.54, 1.807) is 6.20 Å². The number of aromatic nitrogens is 2. The average Bonchev–Trinajstić information content (AvgIpc) is 2.38. The van der Waals surface area contributed by atoms with Crippen molar-refractivity contribution in [3.8, 4) is 0 Å². The summed E-state index contributed by atoms with van der Waals surface area (Å²) in [7, 11) is -3.11. The van der Waals surface area contributed by atoms with Crippen molar-refractivity contribution in [1.82, 2.24) is 14.7 Å². The highest BCUT2D eigenvalue weighted by Crippen LogP contribution is 2.24. The van der Waals surface area contributed by atoms with Crippen molar-refractivity contribution in [2.24, 2.45) is 0 Å². The summed E-state index contributed by atoms with van der Waals surface area (Å²) in [6.45, 7) is 3.33. The highest BCUT2D eigenvalue weighted by Gasteiger charge is 2.23. The highest BCUT2D eigenvalue weighted by molar-refractivity contribution is 7.88. The summed E-state index contributed by atoms with van der Waals surface area (Å²) >= 11 is 0. The minimum atomic E-state index is -3.11. The number of rotatable bonds is 5. The number of nitrogens with zero attached hydrogens (tertiary/aromatic N) is 3. The molecule has 0 unspecified atom stereocenters. The lowest BCUT2D eigenvalue weighted by atomic mass is 9.99. The Morgan fingerprint density at radius 2 is 2.25 bits per heavy atom. The van der Waals surface area contributed by atoms with Crippen LogP contribution in [0.5, 0.6) is 0 Å². The Labute approximate surface area is 120 Å². The Kier molecular flexibility index (Phi) is 4.93. The number of hydrogen-bond acceptors (Lipinski definition) is 5. The molecule has 20 heavy (non-hydrogen) atoms. The van der Waals surface area contributed by atoms with E-state index in [1.165, 1.54) is 12.7 Å². The Bertz CT molecular complexity index is 547. The molecule has 0 amide bonds. The van der Waals surface area contributed by atoms with Crippen LogP contribution in [0.4, 0.5) is 5.82 Å². The third-order valence-electron chi connectivity index (χ3n) is 3.52. The molecule has 1 aromatic heterocycles. The van der Waals surface area contributed by atoms with Crippen molar-refractivity contribution in [1.29, 1.82) is 0 Å². The third kappa shape index (κ3) is 4.42. The predicted octanol–water partition coefficient (Wildman–Crippen LogP) is 1.08. The predicted molar refractivity (Wildman–Crippen MR) is 79.2 cm³/mol. The molecule has 1 fully saturated rings. The zero-order valence-electron chi connectivity index (χ0n) is 12.0. The largest absolute Gasteiger partial charge is 0.353 e. The minimum Gasteiger partial charge on any atom is -0.353 e. The van der Waals surface area contributed by atoms with Crippen LogP contribution in [0.25, 0.3) is 0 Å². The van der Waals surface area contributed by atoms with Gasteiger partial charge in [0.1, 0.15) is 11.6 Å². The van der Waals surface area contributed by atoms with Gasteiger partial charge in [-0.3, -0.25) is 0 Å². The molecule has 0 aliphatic carbocycles. The molecule has 2 heterocycles. The minimum absolute atomic E-state index is 0.340. The van der Waals surface area contributed by atoms with Gasteiger partial charge in [0.2, 0.25) is 10.0 Å². The first-order valence-corrected chi connectivity index (χ1v) is 8.86. The van der Waals surface area contributed by atoms with Gasteiger partial charge in [-0.2, -0.15) is 0 Å². The molecular formula is C13H22N4O2S. The molecule has 1 aliphatic heterocycles. The van der Waals surface area contributed by atoms with Crippen LogP contribution in [0.3, 0.4) is 0 Å². The van der Waals surface area contributed by atoms with Gasteiger partial charge in [0, 0.05) is 25.3 Å². The van der Waals surface area contributed by atoms with Gasteiger partial charge in [-0.05, 0) is 38.7 Å². The number of nitrogens with one attached hydrogen (secondary N) is 1. The van der Waals surface area contributed by atoms with Crippen LogP contribution in [0.1, 0.15) is 31.5 Å². The van der Waals surface area contributed by atoms with Gasteiger partial charge in [-0.25, -0.2) is 23.1 Å². The van der Waals surface area contributed by atoms with Crippen LogP contribution in [0.2, 0.25) is 0 Å². The maximum atomic E-state index is 11.1. The summed E-state index contributed by atoms with van der Waals surface area (Å²) in [6, 6.07) is 2.27. The third-order valence-corrected chi connectivity index (χ3v) is 4.25. The van der Waals surface area contributed by atoms with Crippen molar-refractivity contribution in [2.45, 2.75) is 38.6 Å². The second-order valence-electron chi connectivity index (χ2n) is 5.26. The molecule has 112 valence electrons. The van der Waals surface area contributed by atoms with Gasteiger partial charge in [0.05, 0.1) is 6.26 Å².